The summed E-state index contributed by atoms with van der Waals surface area (Å²) in [6.07, 6.45) is 2.08. The second-order valence-electron chi connectivity index (χ2n) is 6.75. The van der Waals surface area contributed by atoms with Crippen LogP contribution in [0.2, 0.25) is 5.02 Å². The molecule has 0 amide bonds. The molecule has 1 saturated heterocycles. The van der Waals surface area contributed by atoms with Crippen molar-refractivity contribution in [1.29, 1.82) is 0 Å². The molecule has 1 aliphatic heterocycles. The maximum absolute atomic E-state index is 11.0. The van der Waals surface area contributed by atoms with E-state index in [1.807, 2.05) is 12.3 Å². The lowest BCUT2D eigenvalue weighted by atomic mass is 9.97. The average Bonchev–Trinajstić information content (AvgIpc) is 3.48. The Balaban J connectivity index is 1.70. The molecule has 1 fully saturated rings. The summed E-state index contributed by atoms with van der Waals surface area (Å²) in [5, 5.41) is 32.1. The summed E-state index contributed by atoms with van der Waals surface area (Å²) < 4.78 is 13.5. The number of hydrogen-bond donors (Lipinski definition) is 2. The number of aliphatic hydroxyl groups is 2. The van der Waals surface area contributed by atoms with Gasteiger partial charge in [-0.3, -0.25) is 0 Å². The molecule has 5 atom stereocenters. The number of thiazole rings is 1. The van der Waals surface area contributed by atoms with Crippen molar-refractivity contribution in [3.05, 3.63) is 46.5 Å². The minimum absolute atomic E-state index is 0.174. The van der Waals surface area contributed by atoms with Crippen molar-refractivity contribution in [3.63, 3.8) is 0 Å². The van der Waals surface area contributed by atoms with Crippen molar-refractivity contribution >= 4 is 40.5 Å². The lowest BCUT2D eigenvalue weighted by molar-refractivity contribution is -0.191. The van der Waals surface area contributed by atoms with E-state index in [-0.39, 0.29) is 5.82 Å². The normalized spacial score (nSPS) is 25.5. The molecule has 1 aliphatic rings. The summed E-state index contributed by atoms with van der Waals surface area (Å²) >= 11 is 8.71. The van der Waals surface area contributed by atoms with Gasteiger partial charge in [0, 0.05) is 23.1 Å². The van der Waals surface area contributed by atoms with Crippen LogP contribution in [0, 0.1) is 6.57 Å². The number of aromatic nitrogens is 5. The van der Waals surface area contributed by atoms with Gasteiger partial charge in [0.15, 0.2) is 0 Å². The minimum Gasteiger partial charge on any atom is -0.394 e. The molecule has 3 aromatic rings. The van der Waals surface area contributed by atoms with Crippen molar-refractivity contribution in [1.82, 2.24) is 25.0 Å². The van der Waals surface area contributed by atoms with Crippen molar-refractivity contribution in [2.24, 2.45) is 0 Å². The summed E-state index contributed by atoms with van der Waals surface area (Å²) in [5.74, 6) is 0.174. The Labute approximate surface area is 197 Å². The summed E-state index contributed by atoms with van der Waals surface area (Å²) in [6, 6.07) is 0.922. The van der Waals surface area contributed by atoms with Crippen molar-refractivity contribution in [3.8, 4) is 10.7 Å². The van der Waals surface area contributed by atoms with Gasteiger partial charge in [0.2, 0.25) is 0 Å². The minimum atomic E-state index is -1.11. The molecule has 4 rings (SSSR count). The van der Waals surface area contributed by atoms with Crippen molar-refractivity contribution in [2.45, 2.75) is 41.6 Å². The highest BCUT2D eigenvalue weighted by Crippen LogP contribution is 2.42. The maximum Gasteiger partial charge on any atom is 0.283 e. The van der Waals surface area contributed by atoms with Crippen molar-refractivity contribution in [2.75, 3.05) is 13.2 Å². The van der Waals surface area contributed by atoms with Crippen LogP contribution in [0.1, 0.15) is 13.0 Å². The third-order valence-electron chi connectivity index (χ3n) is 4.80. The highest BCUT2D eigenvalue weighted by molar-refractivity contribution is 8.00. The van der Waals surface area contributed by atoms with E-state index in [1.54, 1.807) is 18.5 Å². The van der Waals surface area contributed by atoms with Crippen molar-refractivity contribution < 1.29 is 19.7 Å². The molecule has 2 N–H and O–H groups in total. The van der Waals surface area contributed by atoms with E-state index in [0.717, 1.165) is 0 Å². The molecule has 13 heteroatoms. The number of hydrogen-bond acceptors (Lipinski definition) is 10. The predicted octanol–water partition coefficient (Wildman–Crippen LogP) is 2.82. The fourth-order valence-corrected chi connectivity index (χ4v) is 5.44. The zero-order valence-corrected chi connectivity index (χ0v) is 19.2. The van der Waals surface area contributed by atoms with E-state index in [1.165, 1.54) is 34.0 Å². The Hall–Kier alpha value is -2.11. The third kappa shape index (κ3) is 4.65. The Morgan fingerprint density at radius 1 is 1.44 bits per heavy atom. The van der Waals surface area contributed by atoms with Crippen LogP contribution in [0.3, 0.4) is 0 Å². The van der Waals surface area contributed by atoms with Crippen LogP contribution in [0.25, 0.3) is 15.5 Å². The molecule has 0 aromatic carbocycles. The van der Waals surface area contributed by atoms with Gasteiger partial charge in [0.05, 0.1) is 17.8 Å². The van der Waals surface area contributed by atoms with E-state index in [9.17, 15) is 10.2 Å². The zero-order valence-electron chi connectivity index (χ0n) is 16.8. The van der Waals surface area contributed by atoms with Crippen LogP contribution >= 0.6 is 34.7 Å². The monoisotopic (exact) mass is 494 g/mol. The summed E-state index contributed by atoms with van der Waals surface area (Å²) in [7, 11) is 0. The Kier molecular flexibility index (Phi) is 7.37. The van der Waals surface area contributed by atoms with Gasteiger partial charge in [-0.15, -0.1) is 33.2 Å². The maximum atomic E-state index is 11.0. The predicted molar refractivity (Wildman–Crippen MR) is 119 cm³/mol. The van der Waals surface area contributed by atoms with Gasteiger partial charge in [0.1, 0.15) is 46.7 Å². The first kappa shape index (κ1) is 23.1. The highest BCUT2D eigenvalue weighted by Gasteiger charge is 2.48. The fourth-order valence-electron chi connectivity index (χ4n) is 3.41. The molecule has 0 radical (unpaired) electrons. The molecule has 3 aromatic heterocycles. The van der Waals surface area contributed by atoms with E-state index < -0.39 is 36.4 Å². The summed E-state index contributed by atoms with van der Waals surface area (Å²) in [4.78, 5) is 12.3. The summed E-state index contributed by atoms with van der Waals surface area (Å²) in [5.41, 5.74) is -0.123. The molecular weight excluding hydrogens is 476 g/mol. The standard InChI is InChI=1S/C19H19ClN6O4S2/c1-3-29-16-14(26-8-11(24-25-26)18-22-4-5-31-18)15(28)12(9-27)30-19(16)32-13-6-10(20)7-23-17(13)21-2/h4-8,12,14-16,19,27-28H,3,9H2,1H3/t12?,14-,15-,16?,19+/m0/s1. The van der Waals surface area contributed by atoms with Gasteiger partial charge in [-0.25, -0.2) is 9.67 Å². The number of thioether (sulfide) groups is 1. The largest absolute Gasteiger partial charge is 0.394 e. The molecule has 0 aliphatic carbocycles. The first-order valence-electron chi connectivity index (χ1n) is 9.63. The van der Waals surface area contributed by atoms with Gasteiger partial charge in [-0.05, 0) is 13.0 Å². The molecule has 10 nitrogen and oxygen atoms in total. The van der Waals surface area contributed by atoms with Crippen LogP contribution in [0.4, 0.5) is 5.82 Å². The van der Waals surface area contributed by atoms with Gasteiger partial charge in [-0.1, -0.05) is 23.4 Å². The smallest absolute Gasteiger partial charge is 0.283 e. The lowest BCUT2D eigenvalue weighted by Gasteiger charge is -2.43. The molecule has 0 saturated carbocycles. The van der Waals surface area contributed by atoms with Gasteiger partial charge < -0.3 is 24.5 Å². The zero-order chi connectivity index (χ0) is 22.7. The molecule has 32 heavy (non-hydrogen) atoms. The van der Waals surface area contributed by atoms with Crippen LogP contribution in [-0.4, -0.2) is 72.1 Å². The second-order valence-corrected chi connectivity index (χ2v) is 9.22. The van der Waals surface area contributed by atoms with Gasteiger partial charge in [-0.2, -0.15) is 0 Å². The molecule has 2 unspecified atom stereocenters. The number of ether oxygens (including phenoxy) is 2. The lowest BCUT2D eigenvalue weighted by Crippen LogP contribution is -2.55. The Morgan fingerprint density at radius 2 is 2.28 bits per heavy atom. The fraction of sp³-hybridized carbons (Fsp3) is 0.421. The average molecular weight is 495 g/mol. The van der Waals surface area contributed by atoms with Crippen LogP contribution in [0.15, 0.2) is 34.9 Å². The number of pyridine rings is 1. The SMILES string of the molecule is [C-]#[N+]c1ncc(Cl)cc1S[C@H]1OC(CO)[C@H](O)[C@H](n2cc(-c3nccs3)nn2)C1OCC. The molecule has 0 bridgehead atoms. The molecule has 4 heterocycles. The molecule has 0 spiro atoms. The Morgan fingerprint density at radius 3 is 2.97 bits per heavy atom. The Bertz CT molecular complexity index is 1090. The second kappa shape index (κ2) is 10.2. The van der Waals surface area contributed by atoms with Gasteiger partial charge >= 0.3 is 0 Å². The van der Waals surface area contributed by atoms with E-state index in [2.05, 4.69) is 25.1 Å². The van der Waals surface area contributed by atoms with Crippen LogP contribution in [0.5, 0.6) is 0 Å². The van der Waals surface area contributed by atoms with Crippen LogP contribution < -0.4 is 0 Å². The first-order valence-corrected chi connectivity index (χ1v) is 11.8. The topological polar surface area (TPSA) is 120 Å². The number of halogens is 1. The summed E-state index contributed by atoms with van der Waals surface area (Å²) in [6.45, 7) is 9.15. The molecular formula is C19H19ClN6O4S2. The van der Waals surface area contributed by atoms with Crippen LogP contribution in [-0.2, 0) is 9.47 Å². The van der Waals surface area contributed by atoms with E-state index in [4.69, 9.17) is 27.6 Å². The van der Waals surface area contributed by atoms with E-state index >= 15 is 0 Å². The van der Waals surface area contributed by atoms with E-state index in [0.29, 0.717) is 27.2 Å². The van der Waals surface area contributed by atoms with Gasteiger partial charge in [0.25, 0.3) is 5.82 Å². The third-order valence-corrected chi connectivity index (χ3v) is 6.97. The number of rotatable bonds is 7. The highest BCUT2D eigenvalue weighted by atomic mass is 35.5. The first-order chi connectivity index (χ1) is 15.5. The number of aliphatic hydroxyl groups excluding tert-OH is 2. The number of nitrogens with zero attached hydrogens (tertiary/aromatic N) is 6. The molecule has 168 valence electrons. The quantitative estimate of drug-likeness (QED) is 0.477.